The Kier molecular flexibility index (Phi) is 8.85. The predicted molar refractivity (Wildman–Crippen MR) is 101 cm³/mol. The van der Waals surface area contributed by atoms with Crippen molar-refractivity contribution in [3.63, 3.8) is 0 Å². The van der Waals surface area contributed by atoms with Crippen LogP contribution in [0.1, 0.15) is 48.0 Å². The normalized spacial score (nSPS) is 14.9. The van der Waals surface area contributed by atoms with Gasteiger partial charge < -0.3 is 24.7 Å². The summed E-state index contributed by atoms with van der Waals surface area (Å²) >= 11 is 0. The molecule has 1 amide bonds. The number of hydrogen-bond donors (Lipinski definition) is 2. The van der Waals surface area contributed by atoms with Crippen LogP contribution in [0.3, 0.4) is 0 Å². The number of amides is 1. The lowest BCUT2D eigenvalue weighted by Crippen LogP contribution is -2.38. The molecule has 2 N–H and O–H groups in total. The molecule has 1 unspecified atom stereocenters. The number of benzene rings is 1. The Morgan fingerprint density at radius 1 is 1.17 bits per heavy atom. The van der Waals surface area contributed by atoms with Crippen LogP contribution in [-0.4, -0.2) is 41.6 Å². The van der Waals surface area contributed by atoms with E-state index >= 15 is 0 Å². The third kappa shape index (κ3) is 7.22. The summed E-state index contributed by atoms with van der Waals surface area (Å²) in [5.41, 5.74) is 0.270. The smallest absolute Gasteiger partial charge is 0.410 e. The molecule has 0 aromatic heterocycles. The highest BCUT2D eigenvalue weighted by molar-refractivity contribution is 5.91. The second-order valence-electron chi connectivity index (χ2n) is 6.86. The minimum Gasteiger partial charge on any atom is -0.481 e. The Labute approximate surface area is 172 Å². The van der Waals surface area contributed by atoms with Gasteiger partial charge in [0.1, 0.15) is 6.61 Å². The maximum atomic E-state index is 12.1. The Balaban J connectivity index is 1.78. The molecule has 1 fully saturated rings. The van der Waals surface area contributed by atoms with E-state index in [-0.39, 0.29) is 23.6 Å². The molecule has 11 nitrogen and oxygen atoms in total. The van der Waals surface area contributed by atoms with Crippen molar-refractivity contribution in [3.05, 3.63) is 45.5 Å². The first-order valence-corrected chi connectivity index (χ1v) is 9.54. The van der Waals surface area contributed by atoms with E-state index < -0.39 is 42.4 Å². The first-order valence-electron chi connectivity index (χ1n) is 9.54. The summed E-state index contributed by atoms with van der Waals surface area (Å²) in [6, 6.07) is 5.97. The van der Waals surface area contributed by atoms with E-state index in [2.05, 4.69) is 10.2 Å². The number of esters is 1. The van der Waals surface area contributed by atoms with Crippen molar-refractivity contribution in [2.24, 2.45) is 11.8 Å². The molecular formula is C19H24N2O9. The van der Waals surface area contributed by atoms with E-state index in [0.717, 1.165) is 32.1 Å². The number of hydrogen-bond acceptors (Lipinski definition) is 8. The van der Waals surface area contributed by atoms with Crippen LogP contribution in [0.5, 0.6) is 0 Å². The van der Waals surface area contributed by atoms with Crippen LogP contribution in [0, 0.1) is 22.0 Å². The number of nitrogens with one attached hydrogen (secondary N) is 1. The molecule has 0 bridgehead atoms. The standard InChI is InChI=1S/C19H24N2O9/c22-17(23)16(13-6-2-1-3-7-13)10-20-19(25)29-12-28-18(24)15-9-5-4-8-14(15)11-30-21(26)27/h4-5,8-9,13,16H,1-3,6-7,10-12H2,(H,20,25)(H,22,23). The van der Waals surface area contributed by atoms with Gasteiger partial charge in [0.05, 0.1) is 11.5 Å². The van der Waals surface area contributed by atoms with Crippen LogP contribution in [-0.2, 0) is 25.7 Å². The van der Waals surface area contributed by atoms with Crippen LogP contribution >= 0.6 is 0 Å². The van der Waals surface area contributed by atoms with E-state index in [1.54, 1.807) is 6.07 Å². The van der Waals surface area contributed by atoms with Crippen molar-refractivity contribution in [1.82, 2.24) is 5.32 Å². The summed E-state index contributed by atoms with van der Waals surface area (Å²) in [4.78, 5) is 50.0. The van der Waals surface area contributed by atoms with Crippen LogP contribution in [0.4, 0.5) is 4.79 Å². The number of carbonyl (C=O) groups is 3. The zero-order valence-electron chi connectivity index (χ0n) is 16.3. The number of ether oxygens (including phenoxy) is 2. The molecular weight excluding hydrogens is 400 g/mol. The quantitative estimate of drug-likeness (QED) is 0.249. The van der Waals surface area contributed by atoms with Crippen LogP contribution in [0.2, 0.25) is 0 Å². The van der Waals surface area contributed by atoms with Gasteiger partial charge in [0.2, 0.25) is 6.79 Å². The molecule has 2 rings (SSSR count). The molecule has 1 saturated carbocycles. The Morgan fingerprint density at radius 3 is 2.53 bits per heavy atom. The summed E-state index contributed by atoms with van der Waals surface area (Å²) in [5, 5.41) is 21.1. The summed E-state index contributed by atoms with van der Waals surface area (Å²) in [6.07, 6.45) is 3.75. The largest absolute Gasteiger partial charge is 0.481 e. The van der Waals surface area contributed by atoms with Gasteiger partial charge in [-0.05, 0) is 30.4 Å². The summed E-state index contributed by atoms with van der Waals surface area (Å²) in [5.74, 6) is -2.51. The molecule has 0 aliphatic heterocycles. The number of rotatable bonds is 10. The van der Waals surface area contributed by atoms with Gasteiger partial charge in [0, 0.05) is 6.54 Å². The van der Waals surface area contributed by atoms with Gasteiger partial charge in [-0.2, -0.15) is 0 Å². The summed E-state index contributed by atoms with van der Waals surface area (Å²) in [7, 11) is 0. The SMILES string of the molecule is O=C(NCC(C(=O)O)C1CCCCC1)OCOC(=O)c1ccccc1CO[N+](=O)[O-]. The van der Waals surface area contributed by atoms with E-state index in [1.807, 2.05) is 0 Å². The van der Waals surface area contributed by atoms with Crippen LogP contribution in [0.15, 0.2) is 24.3 Å². The van der Waals surface area contributed by atoms with Crippen molar-refractivity contribution in [2.75, 3.05) is 13.3 Å². The zero-order valence-corrected chi connectivity index (χ0v) is 16.3. The van der Waals surface area contributed by atoms with Gasteiger partial charge in [0.25, 0.3) is 5.09 Å². The second-order valence-corrected chi connectivity index (χ2v) is 6.86. The Morgan fingerprint density at radius 2 is 1.87 bits per heavy atom. The maximum absolute atomic E-state index is 12.1. The molecule has 1 aliphatic carbocycles. The first-order chi connectivity index (χ1) is 14.4. The van der Waals surface area contributed by atoms with E-state index in [1.165, 1.54) is 18.2 Å². The molecule has 30 heavy (non-hydrogen) atoms. The lowest BCUT2D eigenvalue weighted by molar-refractivity contribution is -0.763. The molecule has 1 atom stereocenters. The Hall–Kier alpha value is -3.37. The third-order valence-corrected chi connectivity index (χ3v) is 4.95. The van der Waals surface area contributed by atoms with Gasteiger partial charge in [-0.15, -0.1) is 10.1 Å². The molecule has 0 radical (unpaired) electrons. The topological polar surface area (TPSA) is 154 Å². The monoisotopic (exact) mass is 424 g/mol. The number of aliphatic carboxylic acids is 1. The molecule has 164 valence electrons. The van der Waals surface area contributed by atoms with Crippen LogP contribution in [0.25, 0.3) is 0 Å². The third-order valence-electron chi connectivity index (χ3n) is 4.95. The summed E-state index contributed by atoms with van der Waals surface area (Å²) < 4.78 is 9.62. The fraction of sp³-hybridized carbons (Fsp3) is 0.526. The van der Waals surface area contributed by atoms with Crippen molar-refractivity contribution in [1.29, 1.82) is 0 Å². The molecule has 0 heterocycles. The maximum Gasteiger partial charge on any atom is 0.410 e. The lowest BCUT2D eigenvalue weighted by atomic mass is 9.80. The minimum absolute atomic E-state index is 0.00673. The number of carboxylic acid groups (broad SMARTS) is 1. The average molecular weight is 424 g/mol. The number of carboxylic acids is 1. The molecule has 0 saturated heterocycles. The number of carbonyl (C=O) groups excluding carboxylic acids is 2. The van der Waals surface area contributed by atoms with Gasteiger partial charge in [-0.3, -0.25) is 4.79 Å². The molecule has 0 spiro atoms. The van der Waals surface area contributed by atoms with Crippen molar-refractivity contribution in [2.45, 2.75) is 38.7 Å². The minimum atomic E-state index is -0.979. The van der Waals surface area contributed by atoms with Crippen molar-refractivity contribution in [3.8, 4) is 0 Å². The number of nitrogens with zero attached hydrogens (tertiary/aromatic N) is 1. The fourth-order valence-corrected chi connectivity index (χ4v) is 3.42. The van der Waals surface area contributed by atoms with E-state index in [9.17, 15) is 29.6 Å². The predicted octanol–water partition coefficient (Wildman–Crippen LogP) is 2.52. The molecule has 1 aliphatic rings. The number of alkyl carbamates (subject to hydrolysis) is 1. The highest BCUT2D eigenvalue weighted by Crippen LogP contribution is 2.30. The van der Waals surface area contributed by atoms with Gasteiger partial charge in [-0.25, -0.2) is 9.59 Å². The first kappa shape index (κ1) is 22.9. The zero-order chi connectivity index (χ0) is 21.9. The van der Waals surface area contributed by atoms with E-state index in [0.29, 0.717) is 0 Å². The van der Waals surface area contributed by atoms with Gasteiger partial charge in [0.15, 0.2) is 0 Å². The summed E-state index contributed by atoms with van der Waals surface area (Å²) in [6.45, 7) is -1.21. The fourth-order valence-electron chi connectivity index (χ4n) is 3.42. The molecule has 1 aromatic rings. The highest BCUT2D eigenvalue weighted by Gasteiger charge is 2.29. The molecule has 11 heteroatoms. The lowest BCUT2D eigenvalue weighted by Gasteiger charge is -2.27. The average Bonchev–Trinajstić information content (AvgIpc) is 2.73. The van der Waals surface area contributed by atoms with E-state index in [4.69, 9.17) is 9.47 Å². The van der Waals surface area contributed by atoms with Crippen molar-refractivity contribution >= 4 is 18.0 Å². The van der Waals surface area contributed by atoms with Gasteiger partial charge >= 0.3 is 18.0 Å². The van der Waals surface area contributed by atoms with Gasteiger partial charge in [-0.1, -0.05) is 37.5 Å². The van der Waals surface area contributed by atoms with Crippen molar-refractivity contribution < 1.29 is 38.9 Å². The Bertz CT molecular complexity index is 762. The second kappa shape index (κ2) is 11.6. The molecule has 1 aromatic carbocycles. The van der Waals surface area contributed by atoms with Crippen LogP contribution < -0.4 is 5.32 Å². The highest BCUT2D eigenvalue weighted by atomic mass is 16.9.